The third-order valence-corrected chi connectivity index (χ3v) is 3.78. The van der Waals surface area contributed by atoms with Crippen molar-refractivity contribution in [1.29, 1.82) is 5.26 Å². The Labute approximate surface area is 129 Å². The van der Waals surface area contributed by atoms with Gasteiger partial charge in [-0.2, -0.15) is 5.26 Å². The number of halogens is 1. The molecule has 0 radical (unpaired) electrons. The molecule has 0 fully saturated rings. The smallest absolute Gasteiger partial charge is 0.291 e. The number of oxime groups is 1. The van der Waals surface area contributed by atoms with Crippen LogP contribution in [0.15, 0.2) is 29.4 Å². The second-order valence-corrected chi connectivity index (χ2v) is 6.38. The molecule has 6 nitrogen and oxygen atoms in total. The fourth-order valence-electron chi connectivity index (χ4n) is 1.42. The third-order valence-electron chi connectivity index (χ3n) is 2.14. The highest BCUT2D eigenvalue weighted by Crippen LogP contribution is 2.52. The molecule has 0 spiro atoms. The molecule has 1 aromatic rings. The normalized spacial score (nSPS) is 12.5. The highest BCUT2D eigenvalue weighted by Gasteiger charge is 2.32. The monoisotopic (exact) mass is 328 g/mol. The minimum Gasteiger partial charge on any atom is -0.291 e. The first-order valence-electron chi connectivity index (χ1n) is 6.65. The Balaban J connectivity index is 2.98. The summed E-state index contributed by atoms with van der Waals surface area (Å²) in [6.07, 6.45) is -0.840. The molecule has 0 amide bonds. The van der Waals surface area contributed by atoms with Gasteiger partial charge in [-0.25, -0.2) is 8.96 Å². The Kier molecular flexibility index (Phi) is 6.69. The van der Waals surface area contributed by atoms with Gasteiger partial charge < -0.3 is 0 Å². The van der Waals surface area contributed by atoms with Gasteiger partial charge in [0.25, 0.3) is 0 Å². The number of nitriles is 1. The quantitative estimate of drug-likeness (QED) is 0.429. The average Bonchev–Trinajstić information content (AvgIpc) is 2.39. The summed E-state index contributed by atoms with van der Waals surface area (Å²) in [5, 5.41) is 12.6. The summed E-state index contributed by atoms with van der Waals surface area (Å²) in [7, 11) is -3.94. The molecule has 0 saturated carbocycles. The SMILES string of the molecule is CC(C)OP(=O)(O/N=C(\C#N)c1ccc(F)cc1)OC(C)C. The van der Waals surface area contributed by atoms with Crippen molar-refractivity contribution in [3.63, 3.8) is 0 Å². The zero-order valence-corrected chi connectivity index (χ0v) is 13.7. The predicted octanol–water partition coefficient (Wildman–Crippen LogP) is 4.03. The molecule has 1 aromatic carbocycles. The molecular formula is C14H18FN2O4P. The Morgan fingerprint density at radius 1 is 1.18 bits per heavy atom. The molecule has 0 aliphatic heterocycles. The maximum Gasteiger partial charge on any atom is 0.551 e. The van der Waals surface area contributed by atoms with Crippen molar-refractivity contribution in [3.05, 3.63) is 35.6 Å². The maximum atomic E-state index is 12.9. The lowest BCUT2D eigenvalue weighted by molar-refractivity contribution is 0.0740. The fourth-order valence-corrected chi connectivity index (χ4v) is 2.76. The second-order valence-electron chi connectivity index (χ2n) is 4.90. The molecular weight excluding hydrogens is 310 g/mol. The van der Waals surface area contributed by atoms with E-state index in [0.29, 0.717) is 5.56 Å². The van der Waals surface area contributed by atoms with Crippen molar-refractivity contribution < 1.29 is 22.6 Å². The van der Waals surface area contributed by atoms with E-state index in [0.717, 1.165) is 0 Å². The van der Waals surface area contributed by atoms with Crippen LogP contribution in [0.25, 0.3) is 0 Å². The van der Waals surface area contributed by atoms with Gasteiger partial charge in [-0.1, -0.05) is 5.16 Å². The number of nitrogens with zero attached hydrogens (tertiary/aromatic N) is 2. The van der Waals surface area contributed by atoms with Crippen LogP contribution in [-0.4, -0.2) is 17.9 Å². The highest BCUT2D eigenvalue weighted by molar-refractivity contribution is 7.48. The van der Waals surface area contributed by atoms with Crippen molar-refractivity contribution in [2.75, 3.05) is 0 Å². The number of hydrogen-bond donors (Lipinski definition) is 0. The highest BCUT2D eigenvalue weighted by atomic mass is 31.2. The first-order valence-corrected chi connectivity index (χ1v) is 8.11. The predicted molar refractivity (Wildman–Crippen MR) is 79.7 cm³/mol. The van der Waals surface area contributed by atoms with E-state index in [2.05, 4.69) is 5.16 Å². The van der Waals surface area contributed by atoms with E-state index in [4.69, 9.17) is 18.9 Å². The van der Waals surface area contributed by atoms with Crippen LogP contribution >= 0.6 is 7.82 Å². The van der Waals surface area contributed by atoms with Crippen LogP contribution in [0, 0.1) is 17.1 Å². The minimum atomic E-state index is -3.94. The van der Waals surface area contributed by atoms with Gasteiger partial charge in [0.15, 0.2) is 5.71 Å². The molecule has 0 saturated heterocycles. The van der Waals surface area contributed by atoms with Crippen molar-refractivity contribution in [3.8, 4) is 6.07 Å². The molecule has 22 heavy (non-hydrogen) atoms. The number of phosphoric ester groups is 1. The molecule has 0 aliphatic carbocycles. The number of phosphoric acid groups is 1. The van der Waals surface area contributed by atoms with Crippen LogP contribution in [0.2, 0.25) is 0 Å². The van der Waals surface area contributed by atoms with Gasteiger partial charge in [0.2, 0.25) is 0 Å². The number of rotatable bonds is 7. The zero-order valence-electron chi connectivity index (χ0n) is 12.8. The summed E-state index contributed by atoms with van der Waals surface area (Å²) in [4.78, 5) is 0. The van der Waals surface area contributed by atoms with Crippen molar-refractivity contribution >= 4 is 13.5 Å². The van der Waals surface area contributed by atoms with E-state index in [1.54, 1.807) is 33.8 Å². The van der Waals surface area contributed by atoms with Gasteiger partial charge in [0.05, 0.1) is 12.2 Å². The number of benzene rings is 1. The number of hydrogen-bond acceptors (Lipinski definition) is 6. The fraction of sp³-hybridized carbons (Fsp3) is 0.429. The molecule has 1 rings (SSSR count). The largest absolute Gasteiger partial charge is 0.551 e. The molecule has 8 heteroatoms. The molecule has 120 valence electrons. The summed E-state index contributed by atoms with van der Waals surface area (Å²) in [5.41, 5.74) is 0.157. The maximum absolute atomic E-state index is 12.9. The first kappa shape index (κ1) is 18.3. The van der Waals surface area contributed by atoms with Crippen LogP contribution in [-0.2, 0) is 18.2 Å². The summed E-state index contributed by atoms with van der Waals surface area (Å²) in [5.74, 6) is -0.445. The molecule has 0 aliphatic rings. The standard InChI is InChI=1S/C14H18FN2O4P/c1-10(2)19-22(18,20-11(3)4)21-17-14(9-16)12-5-7-13(15)8-6-12/h5-8,10-11H,1-4H3/b17-14+. The van der Waals surface area contributed by atoms with Gasteiger partial charge in [-0.15, -0.1) is 0 Å². The lowest BCUT2D eigenvalue weighted by Gasteiger charge is -2.19. The second kappa shape index (κ2) is 8.04. The van der Waals surface area contributed by atoms with Gasteiger partial charge in [-0.3, -0.25) is 13.7 Å². The van der Waals surface area contributed by atoms with Crippen LogP contribution in [0.3, 0.4) is 0 Å². The van der Waals surface area contributed by atoms with Crippen LogP contribution in [0.5, 0.6) is 0 Å². The molecule has 0 atom stereocenters. The zero-order chi connectivity index (χ0) is 16.8. The average molecular weight is 328 g/mol. The molecule has 0 unspecified atom stereocenters. The summed E-state index contributed by atoms with van der Waals surface area (Å²) < 4.78 is 40.4. The van der Waals surface area contributed by atoms with E-state index in [9.17, 15) is 8.96 Å². The van der Waals surface area contributed by atoms with E-state index in [1.807, 2.05) is 0 Å². The van der Waals surface area contributed by atoms with Crippen molar-refractivity contribution in [2.24, 2.45) is 5.16 Å². The van der Waals surface area contributed by atoms with E-state index in [-0.39, 0.29) is 5.71 Å². The topological polar surface area (TPSA) is 80.9 Å². The minimum absolute atomic E-state index is 0.167. The van der Waals surface area contributed by atoms with Gasteiger partial charge in [0, 0.05) is 5.56 Å². The Hall–Kier alpha value is -1.74. The molecule has 0 aromatic heterocycles. The van der Waals surface area contributed by atoms with Crippen LogP contribution < -0.4 is 0 Å². The van der Waals surface area contributed by atoms with Gasteiger partial charge in [0.1, 0.15) is 11.9 Å². The summed E-state index contributed by atoms with van der Waals surface area (Å²) in [6.45, 7) is 6.65. The van der Waals surface area contributed by atoms with Crippen molar-refractivity contribution in [2.45, 2.75) is 39.9 Å². The van der Waals surface area contributed by atoms with Gasteiger partial charge >= 0.3 is 7.82 Å². The van der Waals surface area contributed by atoms with E-state index >= 15 is 0 Å². The lowest BCUT2D eigenvalue weighted by atomic mass is 10.1. The Bertz CT molecular complexity index is 594. The Morgan fingerprint density at radius 2 is 1.68 bits per heavy atom. The molecule has 0 heterocycles. The van der Waals surface area contributed by atoms with Crippen molar-refractivity contribution in [1.82, 2.24) is 0 Å². The Morgan fingerprint density at radius 3 is 2.09 bits per heavy atom. The van der Waals surface area contributed by atoms with E-state index < -0.39 is 25.8 Å². The summed E-state index contributed by atoms with van der Waals surface area (Å²) in [6, 6.07) is 6.86. The molecule has 0 N–H and O–H groups in total. The summed E-state index contributed by atoms with van der Waals surface area (Å²) >= 11 is 0. The van der Waals surface area contributed by atoms with E-state index in [1.165, 1.54) is 24.3 Å². The third kappa shape index (κ3) is 5.94. The molecule has 0 bridgehead atoms. The van der Waals surface area contributed by atoms with Gasteiger partial charge in [-0.05, 0) is 52.0 Å². The first-order chi connectivity index (χ1) is 10.3. The lowest BCUT2D eigenvalue weighted by Crippen LogP contribution is -2.09. The van der Waals surface area contributed by atoms with Crippen LogP contribution in [0.1, 0.15) is 33.3 Å². The van der Waals surface area contributed by atoms with Crippen LogP contribution in [0.4, 0.5) is 4.39 Å².